The van der Waals surface area contributed by atoms with Gasteiger partial charge < -0.3 is 0 Å². The molecule has 0 heterocycles. The summed E-state index contributed by atoms with van der Waals surface area (Å²) in [6, 6.07) is 14.9. The summed E-state index contributed by atoms with van der Waals surface area (Å²) in [5.41, 5.74) is 2.10. The Morgan fingerprint density at radius 2 is 1.80 bits per heavy atom. The van der Waals surface area contributed by atoms with Gasteiger partial charge in [0.1, 0.15) is 11.6 Å². The molecule has 2 aromatic carbocycles. The summed E-state index contributed by atoms with van der Waals surface area (Å²) in [7, 11) is 0. The molecule has 0 amide bonds. The molecule has 0 N–H and O–H groups in total. The van der Waals surface area contributed by atoms with E-state index in [1.54, 1.807) is 12.1 Å². The van der Waals surface area contributed by atoms with E-state index in [1.165, 1.54) is 11.6 Å². The minimum atomic E-state index is -0.301. The van der Waals surface area contributed by atoms with Crippen molar-refractivity contribution in [2.45, 2.75) is 25.7 Å². The zero-order valence-electron chi connectivity index (χ0n) is 11.1. The van der Waals surface area contributed by atoms with Gasteiger partial charge in [0, 0.05) is 12.8 Å². The van der Waals surface area contributed by atoms with Gasteiger partial charge in [0.05, 0.1) is 4.47 Å². The van der Waals surface area contributed by atoms with Gasteiger partial charge in [0.15, 0.2) is 0 Å². The van der Waals surface area contributed by atoms with E-state index >= 15 is 0 Å². The van der Waals surface area contributed by atoms with Crippen LogP contribution in [0.2, 0.25) is 0 Å². The zero-order valence-corrected chi connectivity index (χ0v) is 12.7. The van der Waals surface area contributed by atoms with E-state index in [9.17, 15) is 9.18 Å². The van der Waals surface area contributed by atoms with E-state index in [2.05, 4.69) is 28.1 Å². The zero-order chi connectivity index (χ0) is 14.4. The Morgan fingerprint density at radius 1 is 1.05 bits per heavy atom. The monoisotopic (exact) mass is 334 g/mol. The standard InChI is InChI=1S/C17H16BrFO/c18-16-12-14(9-10-17(16)19)11-15(20)8-4-7-13-5-2-1-3-6-13/h1-3,5-6,9-10,12H,4,7-8,11H2. The van der Waals surface area contributed by atoms with E-state index < -0.39 is 0 Å². The first-order valence-electron chi connectivity index (χ1n) is 6.65. The quantitative estimate of drug-likeness (QED) is 0.746. The lowest BCUT2D eigenvalue weighted by Gasteiger charge is -2.03. The smallest absolute Gasteiger partial charge is 0.137 e. The van der Waals surface area contributed by atoms with Crippen molar-refractivity contribution in [1.29, 1.82) is 0 Å². The lowest BCUT2D eigenvalue weighted by Crippen LogP contribution is -2.03. The Labute approximate surface area is 127 Å². The molecule has 0 bridgehead atoms. The van der Waals surface area contributed by atoms with Crippen molar-refractivity contribution in [2.75, 3.05) is 0 Å². The number of benzene rings is 2. The molecule has 3 heteroatoms. The van der Waals surface area contributed by atoms with Crippen LogP contribution in [0.3, 0.4) is 0 Å². The van der Waals surface area contributed by atoms with Gasteiger partial charge in [-0.3, -0.25) is 4.79 Å². The fourth-order valence-corrected chi connectivity index (χ4v) is 2.53. The molecule has 0 spiro atoms. The molecule has 0 aliphatic carbocycles. The Hall–Kier alpha value is -1.48. The van der Waals surface area contributed by atoms with Crippen molar-refractivity contribution in [1.82, 2.24) is 0 Å². The van der Waals surface area contributed by atoms with Crippen LogP contribution in [-0.4, -0.2) is 5.78 Å². The molecule has 0 unspecified atom stereocenters. The van der Waals surface area contributed by atoms with Crippen LogP contribution in [-0.2, 0) is 17.6 Å². The first-order chi connectivity index (χ1) is 9.65. The van der Waals surface area contributed by atoms with Gasteiger partial charge in [-0.15, -0.1) is 0 Å². The normalized spacial score (nSPS) is 10.5. The summed E-state index contributed by atoms with van der Waals surface area (Å²) in [5, 5.41) is 0. The fraction of sp³-hybridized carbons (Fsp3) is 0.235. The van der Waals surface area contributed by atoms with Crippen LogP contribution < -0.4 is 0 Å². The predicted molar refractivity (Wildman–Crippen MR) is 82.2 cm³/mol. The summed E-state index contributed by atoms with van der Waals surface area (Å²) in [6.45, 7) is 0. The molecule has 0 atom stereocenters. The van der Waals surface area contributed by atoms with E-state index in [0.717, 1.165) is 18.4 Å². The molecule has 0 fully saturated rings. The van der Waals surface area contributed by atoms with Crippen LogP contribution in [0.15, 0.2) is 53.0 Å². The lowest BCUT2D eigenvalue weighted by molar-refractivity contribution is -0.118. The number of carbonyl (C=O) groups excluding carboxylic acids is 1. The Morgan fingerprint density at radius 3 is 2.50 bits per heavy atom. The highest BCUT2D eigenvalue weighted by atomic mass is 79.9. The minimum absolute atomic E-state index is 0.194. The fourth-order valence-electron chi connectivity index (χ4n) is 2.10. The number of rotatable bonds is 6. The van der Waals surface area contributed by atoms with Gasteiger partial charge in [-0.2, -0.15) is 0 Å². The van der Waals surface area contributed by atoms with Gasteiger partial charge in [0.2, 0.25) is 0 Å². The molecular formula is C17H16BrFO. The third-order valence-electron chi connectivity index (χ3n) is 3.15. The predicted octanol–water partition coefficient (Wildman–Crippen LogP) is 4.72. The number of ketones is 1. The van der Waals surface area contributed by atoms with E-state index in [4.69, 9.17) is 0 Å². The topological polar surface area (TPSA) is 17.1 Å². The third kappa shape index (κ3) is 4.57. The molecule has 2 rings (SSSR count). The molecule has 0 radical (unpaired) electrons. The number of hydrogen-bond donors (Lipinski definition) is 0. The van der Waals surface area contributed by atoms with Crippen LogP contribution >= 0.6 is 15.9 Å². The molecule has 104 valence electrons. The molecule has 0 saturated carbocycles. The number of hydrogen-bond acceptors (Lipinski definition) is 1. The molecule has 0 aliphatic rings. The summed E-state index contributed by atoms with van der Waals surface area (Å²) >= 11 is 3.13. The van der Waals surface area contributed by atoms with Crippen LogP contribution in [0.1, 0.15) is 24.0 Å². The minimum Gasteiger partial charge on any atom is -0.299 e. The summed E-state index contributed by atoms with van der Waals surface area (Å²) in [6.07, 6.45) is 2.70. The summed E-state index contributed by atoms with van der Waals surface area (Å²) in [5.74, 6) is -0.107. The number of carbonyl (C=O) groups is 1. The number of halogens is 2. The van der Waals surface area contributed by atoms with Gasteiger partial charge >= 0.3 is 0 Å². The number of aryl methyl sites for hydroxylation is 1. The van der Waals surface area contributed by atoms with Crippen LogP contribution in [0.5, 0.6) is 0 Å². The third-order valence-corrected chi connectivity index (χ3v) is 3.76. The highest BCUT2D eigenvalue weighted by molar-refractivity contribution is 9.10. The Balaban J connectivity index is 1.79. The SMILES string of the molecule is O=C(CCCc1ccccc1)Cc1ccc(F)c(Br)c1. The second-order valence-electron chi connectivity index (χ2n) is 4.80. The highest BCUT2D eigenvalue weighted by Crippen LogP contribution is 2.17. The van der Waals surface area contributed by atoms with Gasteiger partial charge in [-0.1, -0.05) is 36.4 Å². The Bertz CT molecular complexity index is 581. The van der Waals surface area contributed by atoms with Crippen molar-refractivity contribution in [3.05, 3.63) is 69.9 Å². The van der Waals surface area contributed by atoms with Crippen molar-refractivity contribution in [2.24, 2.45) is 0 Å². The van der Waals surface area contributed by atoms with Crippen LogP contribution in [0.4, 0.5) is 4.39 Å². The van der Waals surface area contributed by atoms with Crippen molar-refractivity contribution >= 4 is 21.7 Å². The van der Waals surface area contributed by atoms with Gasteiger partial charge in [0.25, 0.3) is 0 Å². The lowest BCUT2D eigenvalue weighted by atomic mass is 10.0. The maximum absolute atomic E-state index is 13.1. The Kier molecular flexibility index (Phi) is 5.48. The molecule has 0 aliphatic heterocycles. The van der Waals surface area contributed by atoms with Crippen molar-refractivity contribution in [3.63, 3.8) is 0 Å². The first-order valence-corrected chi connectivity index (χ1v) is 7.44. The largest absolute Gasteiger partial charge is 0.299 e. The van der Waals surface area contributed by atoms with Crippen LogP contribution in [0, 0.1) is 5.82 Å². The molecule has 0 saturated heterocycles. The van der Waals surface area contributed by atoms with E-state index in [-0.39, 0.29) is 11.6 Å². The van der Waals surface area contributed by atoms with Gasteiger partial charge in [-0.05, 0) is 52.0 Å². The summed E-state index contributed by atoms with van der Waals surface area (Å²) in [4.78, 5) is 11.9. The molecule has 1 nitrogen and oxygen atoms in total. The second-order valence-corrected chi connectivity index (χ2v) is 5.66. The first kappa shape index (κ1) is 14.9. The van der Waals surface area contributed by atoms with Gasteiger partial charge in [-0.25, -0.2) is 4.39 Å². The molecular weight excluding hydrogens is 319 g/mol. The highest BCUT2D eigenvalue weighted by Gasteiger charge is 2.06. The average Bonchev–Trinajstić information content (AvgIpc) is 2.44. The van der Waals surface area contributed by atoms with E-state index in [0.29, 0.717) is 17.3 Å². The van der Waals surface area contributed by atoms with Crippen molar-refractivity contribution < 1.29 is 9.18 Å². The van der Waals surface area contributed by atoms with E-state index in [1.807, 2.05) is 18.2 Å². The molecule has 0 aromatic heterocycles. The maximum Gasteiger partial charge on any atom is 0.137 e. The second kappa shape index (κ2) is 7.34. The number of Topliss-reactive ketones (excluding diaryl/α,β-unsaturated/α-hetero) is 1. The maximum atomic E-state index is 13.1. The molecule has 20 heavy (non-hydrogen) atoms. The summed E-state index contributed by atoms with van der Waals surface area (Å²) < 4.78 is 13.5. The van der Waals surface area contributed by atoms with Crippen molar-refractivity contribution in [3.8, 4) is 0 Å². The van der Waals surface area contributed by atoms with Crippen LogP contribution in [0.25, 0.3) is 0 Å². The molecule has 2 aromatic rings. The average molecular weight is 335 g/mol.